The van der Waals surface area contributed by atoms with Crippen molar-refractivity contribution in [3.05, 3.63) is 117 Å². The molecule has 0 bridgehead atoms. The molecule has 0 radical (unpaired) electrons. The molecule has 6 nitrogen and oxygen atoms in total. The van der Waals surface area contributed by atoms with Gasteiger partial charge in [-0.2, -0.15) is 0 Å². The van der Waals surface area contributed by atoms with Gasteiger partial charge in [-0.05, 0) is 73.4 Å². The van der Waals surface area contributed by atoms with Crippen LogP contribution in [0.3, 0.4) is 0 Å². The van der Waals surface area contributed by atoms with Crippen LogP contribution in [0.2, 0.25) is 0 Å². The molecule has 33 heavy (non-hydrogen) atoms. The van der Waals surface area contributed by atoms with Gasteiger partial charge < -0.3 is 10.1 Å². The van der Waals surface area contributed by atoms with Gasteiger partial charge in [-0.15, -0.1) is 0 Å². The van der Waals surface area contributed by atoms with Gasteiger partial charge in [0.1, 0.15) is 6.20 Å². The first-order valence-electron chi connectivity index (χ1n) is 10.1. The Morgan fingerprint density at radius 1 is 0.939 bits per heavy atom. The van der Waals surface area contributed by atoms with E-state index in [4.69, 9.17) is 0 Å². The van der Waals surface area contributed by atoms with Gasteiger partial charge in [-0.25, -0.2) is 0 Å². The number of fused-ring (bicyclic) bond motifs is 2. The quantitative estimate of drug-likeness (QED) is 0.0884. The number of benzene rings is 4. The Morgan fingerprint density at radius 3 is 2.12 bits per heavy atom. The molecule has 0 aliphatic heterocycles. The molecule has 0 atom stereocenters. The summed E-state index contributed by atoms with van der Waals surface area (Å²) in [5.74, 6) is -0.598. The second-order valence-corrected chi connectivity index (χ2v) is 8.41. The topological polar surface area (TPSA) is 78.0 Å². The van der Waals surface area contributed by atoms with Gasteiger partial charge >= 0.3 is 5.82 Å². The number of nitrogens with zero attached hydrogens (tertiary/aromatic N) is 3. The van der Waals surface area contributed by atoms with E-state index in [1.807, 2.05) is 48.5 Å². The second-order valence-electron chi connectivity index (χ2n) is 7.49. The minimum atomic E-state index is -0.578. The monoisotopic (exact) mass is 497 g/mol. The van der Waals surface area contributed by atoms with Crippen LogP contribution >= 0.6 is 15.9 Å². The number of halogens is 1. The zero-order valence-electron chi connectivity index (χ0n) is 17.2. The van der Waals surface area contributed by atoms with Crippen LogP contribution in [0, 0.1) is 10.1 Å². The number of carbonyl (C=O) groups excluding carboxylic acids is 1. The lowest BCUT2D eigenvalue weighted by atomic mass is 9.95. The lowest BCUT2D eigenvalue weighted by Crippen LogP contribution is -2.08. The first-order chi connectivity index (χ1) is 16.0. The Morgan fingerprint density at radius 2 is 1.55 bits per heavy atom. The fraction of sp³-hybridized carbons (Fsp3) is 0. The van der Waals surface area contributed by atoms with Crippen molar-refractivity contribution in [1.29, 1.82) is 0 Å². The molecule has 0 aliphatic rings. The smallest absolute Gasteiger partial charge is 0.358 e. The van der Waals surface area contributed by atoms with Crippen LogP contribution in [-0.4, -0.2) is 20.3 Å². The van der Waals surface area contributed by atoms with Gasteiger partial charge in [0, 0.05) is 10.0 Å². The van der Waals surface area contributed by atoms with Gasteiger partial charge in [0.15, 0.2) is 0 Å². The summed E-state index contributed by atoms with van der Waals surface area (Å²) < 4.78 is 2.27. The molecule has 0 saturated carbocycles. The number of ketones is 1. The van der Waals surface area contributed by atoms with E-state index in [1.54, 1.807) is 30.3 Å². The number of imidazole rings is 1. The number of rotatable bonds is 5. The first-order valence-corrected chi connectivity index (χ1v) is 10.9. The average Bonchev–Trinajstić information content (AvgIpc) is 3.32. The molecular formula is C26H16BrN3O3. The summed E-state index contributed by atoms with van der Waals surface area (Å²) in [6.07, 6.45) is 4.35. The molecule has 0 amide bonds. The van der Waals surface area contributed by atoms with Gasteiger partial charge in [0.05, 0.1) is 5.70 Å². The molecule has 0 aliphatic carbocycles. The van der Waals surface area contributed by atoms with Crippen molar-refractivity contribution in [3.8, 4) is 0 Å². The molecule has 4 aromatic carbocycles. The molecule has 7 heteroatoms. The van der Waals surface area contributed by atoms with Crippen LogP contribution in [0.4, 0.5) is 5.82 Å². The third-order valence-electron chi connectivity index (χ3n) is 5.47. The van der Waals surface area contributed by atoms with Crippen molar-refractivity contribution < 1.29 is 9.72 Å². The van der Waals surface area contributed by atoms with Crippen molar-refractivity contribution in [2.45, 2.75) is 0 Å². The van der Waals surface area contributed by atoms with Crippen molar-refractivity contribution in [3.63, 3.8) is 0 Å². The second kappa shape index (κ2) is 8.44. The van der Waals surface area contributed by atoms with Crippen LogP contribution in [-0.2, 0) is 0 Å². The van der Waals surface area contributed by atoms with E-state index in [-0.39, 0.29) is 17.3 Å². The summed E-state index contributed by atoms with van der Waals surface area (Å²) in [6, 6.07) is 25.0. The van der Waals surface area contributed by atoms with Crippen molar-refractivity contribution in [1.82, 2.24) is 9.55 Å². The Kier molecular flexibility index (Phi) is 5.32. The Hall–Kier alpha value is -4.10. The fourth-order valence-corrected chi connectivity index (χ4v) is 4.15. The zero-order valence-corrected chi connectivity index (χ0v) is 18.8. The summed E-state index contributed by atoms with van der Waals surface area (Å²) in [6.45, 7) is 0. The maximum absolute atomic E-state index is 13.6. The van der Waals surface area contributed by atoms with E-state index in [0.717, 1.165) is 31.6 Å². The summed E-state index contributed by atoms with van der Waals surface area (Å²) in [5.41, 5.74) is 1.59. The number of nitro groups is 1. The SMILES string of the molecule is O=C(C(=Cc1c2ccccc2cc2ccccc12)n1cnc([N+](=O)[O-])c1)c1ccc(Br)cc1. The molecule has 0 fully saturated rings. The van der Waals surface area contributed by atoms with Crippen LogP contribution in [0.5, 0.6) is 0 Å². The highest BCUT2D eigenvalue weighted by Gasteiger charge is 2.20. The number of hydrogen-bond acceptors (Lipinski definition) is 4. The maximum Gasteiger partial charge on any atom is 0.381 e. The van der Waals surface area contributed by atoms with Gasteiger partial charge in [-0.1, -0.05) is 64.5 Å². The highest BCUT2D eigenvalue weighted by Crippen LogP contribution is 2.32. The number of hydrogen-bond donors (Lipinski definition) is 0. The first kappa shape index (κ1) is 20.8. The van der Waals surface area contributed by atoms with Crippen LogP contribution in [0.15, 0.2) is 95.9 Å². The van der Waals surface area contributed by atoms with E-state index < -0.39 is 4.92 Å². The lowest BCUT2D eigenvalue weighted by molar-refractivity contribution is -0.389. The summed E-state index contributed by atoms with van der Waals surface area (Å²) in [5, 5.41) is 15.3. The lowest BCUT2D eigenvalue weighted by Gasteiger charge is -2.12. The van der Waals surface area contributed by atoms with Gasteiger partial charge in [0.2, 0.25) is 12.1 Å². The molecule has 5 aromatic rings. The van der Waals surface area contributed by atoms with E-state index >= 15 is 0 Å². The normalized spacial score (nSPS) is 11.7. The van der Waals surface area contributed by atoms with E-state index in [0.29, 0.717) is 5.56 Å². The zero-order chi connectivity index (χ0) is 22.9. The molecule has 1 heterocycles. The predicted octanol–water partition coefficient (Wildman–Crippen LogP) is 6.74. The van der Waals surface area contributed by atoms with Gasteiger partial charge in [-0.3, -0.25) is 9.36 Å². The summed E-state index contributed by atoms with van der Waals surface area (Å²) in [7, 11) is 0. The Balaban J connectivity index is 1.80. The van der Waals surface area contributed by atoms with Crippen LogP contribution in [0.1, 0.15) is 15.9 Å². The largest absolute Gasteiger partial charge is 0.381 e. The Labute approximate surface area is 197 Å². The van der Waals surface area contributed by atoms with Crippen LogP contribution in [0.25, 0.3) is 33.3 Å². The Bertz CT molecular complexity index is 1520. The van der Waals surface area contributed by atoms with Gasteiger partial charge in [0.25, 0.3) is 0 Å². The molecular weight excluding hydrogens is 482 g/mol. The van der Waals surface area contributed by atoms with Crippen molar-refractivity contribution in [2.75, 3.05) is 0 Å². The highest BCUT2D eigenvalue weighted by molar-refractivity contribution is 9.10. The predicted molar refractivity (Wildman–Crippen MR) is 133 cm³/mol. The fourth-order valence-electron chi connectivity index (χ4n) is 3.89. The van der Waals surface area contributed by atoms with E-state index in [1.165, 1.54) is 17.1 Å². The number of carbonyl (C=O) groups is 1. The molecule has 1 aromatic heterocycles. The molecule has 0 unspecified atom stereocenters. The van der Waals surface area contributed by atoms with Crippen molar-refractivity contribution in [2.24, 2.45) is 0 Å². The maximum atomic E-state index is 13.6. The standard InChI is InChI=1S/C26H16BrN3O3/c27-20-11-9-17(10-12-20)26(31)24(29-15-25(28-16-29)30(32)33)14-23-21-7-3-1-5-18(21)13-19-6-2-4-8-22(19)23/h1-16H. The summed E-state index contributed by atoms with van der Waals surface area (Å²) in [4.78, 5) is 28.1. The number of aromatic nitrogens is 2. The molecule has 5 rings (SSSR count). The third kappa shape index (κ3) is 3.94. The molecule has 160 valence electrons. The highest BCUT2D eigenvalue weighted by atomic mass is 79.9. The molecule has 0 N–H and O–H groups in total. The molecule has 0 saturated heterocycles. The average molecular weight is 498 g/mol. The van der Waals surface area contributed by atoms with E-state index in [9.17, 15) is 14.9 Å². The molecule has 0 spiro atoms. The summed E-state index contributed by atoms with van der Waals surface area (Å²) >= 11 is 3.39. The van der Waals surface area contributed by atoms with Crippen molar-refractivity contribution >= 4 is 60.8 Å². The number of allylic oxidation sites excluding steroid dienone is 1. The minimum absolute atomic E-state index is 0.263. The van der Waals surface area contributed by atoms with Crippen LogP contribution < -0.4 is 0 Å². The third-order valence-corrected chi connectivity index (χ3v) is 6.00. The number of Topliss-reactive ketones (excluding diaryl/α,β-unsaturated/α-hetero) is 1. The van der Waals surface area contributed by atoms with E-state index in [2.05, 4.69) is 27.0 Å². The minimum Gasteiger partial charge on any atom is -0.358 e.